The molecule has 0 amide bonds. The number of hydrogen-bond acceptors (Lipinski definition) is 10. The van der Waals surface area contributed by atoms with Gasteiger partial charge >= 0.3 is 0 Å². The molecule has 2 aromatic carbocycles. The number of likely N-dealkylation sites (N-methyl/N-ethyl adjacent to an activating group) is 1. The molecule has 0 radical (unpaired) electrons. The van der Waals surface area contributed by atoms with Gasteiger partial charge in [0, 0.05) is 85.9 Å². The van der Waals surface area contributed by atoms with Crippen molar-refractivity contribution >= 4 is 68.1 Å². The Labute approximate surface area is 290 Å². The van der Waals surface area contributed by atoms with E-state index in [2.05, 4.69) is 59.4 Å². The molecule has 2 N–H and O–H groups in total. The molecule has 10 nitrogen and oxygen atoms in total. The number of pyridine rings is 1. The predicted octanol–water partition coefficient (Wildman–Crippen LogP) is 6.76. The molecule has 0 spiro atoms. The highest BCUT2D eigenvalue weighted by Gasteiger charge is 2.29. The zero-order valence-corrected chi connectivity index (χ0v) is 30.5. The predicted molar refractivity (Wildman–Crippen MR) is 196 cm³/mol. The van der Waals surface area contributed by atoms with Crippen LogP contribution in [0.2, 0.25) is 0 Å². The van der Waals surface area contributed by atoms with Gasteiger partial charge in [-0.25, -0.2) is 9.37 Å². The normalized spacial score (nSPS) is 18.3. The molecule has 0 atom stereocenters. The Kier molecular flexibility index (Phi) is 9.36. The highest BCUT2D eigenvalue weighted by Crippen LogP contribution is 2.44. The van der Waals surface area contributed by atoms with Gasteiger partial charge in [-0.2, -0.15) is 4.98 Å². The number of nitrogens with zero attached hydrogens (tertiary/aromatic N) is 6. The summed E-state index contributed by atoms with van der Waals surface area (Å²) in [5, 5.41) is 8.13. The van der Waals surface area contributed by atoms with E-state index in [1.807, 2.05) is 18.2 Å². The minimum absolute atomic E-state index is 0.258. The third kappa shape index (κ3) is 7.04. The Morgan fingerprint density at radius 3 is 2.38 bits per heavy atom. The van der Waals surface area contributed by atoms with Crippen molar-refractivity contribution in [3.05, 3.63) is 58.6 Å². The monoisotopic (exact) mass is 736 g/mol. The number of methoxy groups -OCH3 is 1. The van der Waals surface area contributed by atoms with E-state index >= 15 is 4.39 Å². The quantitative estimate of drug-likeness (QED) is 0.179. The molecule has 0 bridgehead atoms. The third-order valence-corrected chi connectivity index (χ3v) is 11.9. The summed E-state index contributed by atoms with van der Waals surface area (Å²) in [4.78, 5) is 21.1. The maximum Gasteiger partial charge on any atom is 0.229 e. The summed E-state index contributed by atoms with van der Waals surface area (Å²) < 4.78 is 35.7. The highest BCUT2D eigenvalue weighted by molar-refractivity contribution is 9.10. The standard InChI is InChI=1S/C35H43BrFN8O2P/c1-43-15-17-44(18-16-43)23-11-13-45(14-12-23)31-20-32(47-2)30(19-26(31)37)41-35-38-21-25(36)34(42-35)40-29-10-9-28-24(33(29)48(3,4)46)7-8-27(39-28)22-5-6-22/h7-10,19-23H,5-6,11-18H2,1-4H3,(H2,38,40,41,42). The molecule has 1 aliphatic carbocycles. The molecule has 2 aliphatic heterocycles. The summed E-state index contributed by atoms with van der Waals surface area (Å²) in [6.45, 7) is 9.52. The van der Waals surface area contributed by atoms with E-state index < -0.39 is 7.14 Å². The van der Waals surface area contributed by atoms with E-state index in [0.29, 0.717) is 45.1 Å². The van der Waals surface area contributed by atoms with E-state index in [1.54, 1.807) is 32.7 Å². The van der Waals surface area contributed by atoms with Gasteiger partial charge in [0.2, 0.25) is 5.95 Å². The van der Waals surface area contributed by atoms with Crippen molar-refractivity contribution < 1.29 is 13.7 Å². The van der Waals surface area contributed by atoms with Gasteiger partial charge in [0.1, 0.15) is 24.5 Å². The number of anilines is 5. The van der Waals surface area contributed by atoms with E-state index in [-0.39, 0.29) is 11.8 Å². The smallest absolute Gasteiger partial charge is 0.229 e. The second-order valence-electron chi connectivity index (χ2n) is 13.6. The van der Waals surface area contributed by atoms with Crippen LogP contribution in [0.3, 0.4) is 0 Å². The minimum atomic E-state index is -2.73. The minimum Gasteiger partial charge on any atom is -0.494 e. The van der Waals surface area contributed by atoms with Crippen molar-refractivity contribution in [2.75, 3.05) is 82.3 Å². The zero-order valence-electron chi connectivity index (χ0n) is 28.0. The van der Waals surface area contributed by atoms with E-state index in [0.717, 1.165) is 74.0 Å². The number of benzene rings is 2. The second-order valence-corrected chi connectivity index (χ2v) is 17.6. The number of ether oxygens (including phenoxy) is 1. The molecule has 48 heavy (non-hydrogen) atoms. The summed E-state index contributed by atoms with van der Waals surface area (Å²) in [6.07, 6.45) is 5.98. The Morgan fingerprint density at radius 1 is 0.938 bits per heavy atom. The molecule has 4 aromatic rings. The molecule has 3 fully saturated rings. The van der Waals surface area contributed by atoms with Crippen LogP contribution < -0.4 is 25.6 Å². The lowest BCUT2D eigenvalue weighted by atomic mass is 10.0. The summed E-state index contributed by atoms with van der Waals surface area (Å²) in [5.74, 6) is 1.44. The van der Waals surface area contributed by atoms with Crippen molar-refractivity contribution in [1.29, 1.82) is 0 Å². The first-order valence-corrected chi connectivity index (χ1v) is 20.1. The Balaban J connectivity index is 1.10. The van der Waals surface area contributed by atoms with Gasteiger partial charge in [0.15, 0.2) is 0 Å². The van der Waals surface area contributed by atoms with Gasteiger partial charge in [-0.1, -0.05) is 6.07 Å². The Morgan fingerprint density at radius 2 is 1.69 bits per heavy atom. The fraction of sp³-hybridized carbons (Fsp3) is 0.457. The van der Waals surface area contributed by atoms with E-state index in [1.165, 1.54) is 18.9 Å². The van der Waals surface area contributed by atoms with Crippen molar-refractivity contribution in [3.8, 4) is 5.75 Å². The van der Waals surface area contributed by atoms with Crippen LogP contribution in [0.4, 0.5) is 33.2 Å². The zero-order chi connectivity index (χ0) is 33.6. The molecule has 3 aliphatic rings. The largest absolute Gasteiger partial charge is 0.494 e. The molecular formula is C35H43BrFN8O2P. The molecule has 0 unspecified atom stereocenters. The first kappa shape index (κ1) is 33.2. The SMILES string of the molecule is COc1cc(N2CCC(N3CCN(C)CC3)CC2)c(F)cc1Nc1ncc(Br)c(Nc2ccc3nc(C4CC4)ccc3c2P(C)(C)=O)n1. The number of halogens is 2. The molecule has 2 aromatic heterocycles. The van der Waals surface area contributed by atoms with Crippen LogP contribution in [0.25, 0.3) is 10.9 Å². The first-order valence-electron chi connectivity index (χ1n) is 16.7. The van der Waals surface area contributed by atoms with Crippen LogP contribution in [-0.2, 0) is 4.57 Å². The molecule has 4 heterocycles. The fourth-order valence-electron chi connectivity index (χ4n) is 6.97. The van der Waals surface area contributed by atoms with E-state index in [9.17, 15) is 4.57 Å². The molecule has 1 saturated carbocycles. The third-order valence-electron chi connectivity index (χ3n) is 9.77. The van der Waals surface area contributed by atoms with Crippen LogP contribution in [0.1, 0.15) is 37.3 Å². The van der Waals surface area contributed by atoms with Crippen LogP contribution in [0.15, 0.2) is 47.1 Å². The summed E-state index contributed by atoms with van der Waals surface area (Å²) in [7, 11) is 1.02. The van der Waals surface area contributed by atoms with Gasteiger partial charge in [0.05, 0.1) is 34.2 Å². The second kappa shape index (κ2) is 13.5. The van der Waals surface area contributed by atoms with Crippen LogP contribution in [0, 0.1) is 5.82 Å². The van der Waals surface area contributed by atoms with Gasteiger partial charge in [0.25, 0.3) is 0 Å². The van der Waals surface area contributed by atoms with Crippen molar-refractivity contribution in [1.82, 2.24) is 24.8 Å². The van der Waals surface area contributed by atoms with Crippen LogP contribution >= 0.6 is 23.1 Å². The first-order chi connectivity index (χ1) is 23.1. The number of fused-ring (bicyclic) bond motifs is 1. The topological polar surface area (TPSA) is 98.8 Å². The Hall–Kier alpha value is -3.31. The summed E-state index contributed by atoms with van der Waals surface area (Å²) in [6, 6.07) is 11.7. The number of aromatic nitrogens is 3. The molecule has 254 valence electrons. The lowest BCUT2D eigenvalue weighted by Gasteiger charge is -2.42. The molecule has 7 rings (SSSR count). The van der Waals surface area contributed by atoms with Crippen LogP contribution in [-0.4, -0.2) is 97.5 Å². The highest BCUT2D eigenvalue weighted by atomic mass is 79.9. The van der Waals surface area contributed by atoms with Crippen molar-refractivity contribution in [2.45, 2.75) is 37.6 Å². The lowest BCUT2D eigenvalue weighted by Crippen LogP contribution is -2.52. The Bertz CT molecular complexity index is 1870. The maximum absolute atomic E-state index is 15.7. The lowest BCUT2D eigenvalue weighted by molar-refractivity contribution is 0.0981. The summed E-state index contributed by atoms with van der Waals surface area (Å²) >= 11 is 3.56. The molecular weight excluding hydrogens is 694 g/mol. The van der Waals surface area contributed by atoms with Crippen molar-refractivity contribution in [2.24, 2.45) is 0 Å². The number of hydrogen-bond donors (Lipinski definition) is 2. The van der Waals surface area contributed by atoms with E-state index in [4.69, 9.17) is 14.7 Å². The molecule has 13 heteroatoms. The maximum atomic E-state index is 15.7. The van der Waals surface area contributed by atoms with Gasteiger partial charge in [-0.3, -0.25) is 9.88 Å². The molecule has 2 saturated heterocycles. The summed E-state index contributed by atoms with van der Waals surface area (Å²) in [5.41, 5.74) is 3.59. The average Bonchev–Trinajstić information content (AvgIpc) is 3.92. The van der Waals surface area contributed by atoms with Gasteiger partial charge in [-0.15, -0.1) is 0 Å². The number of nitrogens with one attached hydrogen (secondary N) is 2. The van der Waals surface area contributed by atoms with Gasteiger partial charge in [-0.05, 0) is 80.2 Å². The van der Waals surface area contributed by atoms with Gasteiger partial charge < -0.3 is 29.7 Å². The number of rotatable bonds is 9. The van der Waals surface area contributed by atoms with Crippen molar-refractivity contribution in [3.63, 3.8) is 0 Å². The average molecular weight is 738 g/mol. The number of piperazine rings is 1. The number of piperidine rings is 1. The fourth-order valence-corrected chi connectivity index (χ4v) is 8.74. The van der Waals surface area contributed by atoms with Crippen LogP contribution in [0.5, 0.6) is 5.75 Å².